The third-order valence-electron chi connectivity index (χ3n) is 4.59. The minimum atomic E-state index is -0.681. The second-order valence-electron chi connectivity index (χ2n) is 6.86. The zero-order valence-electron chi connectivity index (χ0n) is 15.0. The molecule has 0 saturated heterocycles. The van der Waals surface area contributed by atoms with E-state index in [4.69, 9.17) is 0 Å². The average molecular weight is 404 g/mol. The number of nitrogens with zero attached hydrogens (tertiary/aromatic N) is 3. The van der Waals surface area contributed by atoms with Crippen LogP contribution in [0.5, 0.6) is 0 Å². The average Bonchev–Trinajstić information content (AvgIpc) is 3.20. The maximum atomic E-state index is 14.0. The first-order chi connectivity index (χ1) is 12.0. The summed E-state index contributed by atoms with van der Waals surface area (Å²) in [5, 5.41) is 0.468. The Bertz CT molecular complexity index is 762. The van der Waals surface area contributed by atoms with Crippen LogP contribution >= 0.6 is 23.7 Å². The number of carbonyl (C=O) groups excluding carboxylic acids is 1. The first-order valence-corrected chi connectivity index (χ1v) is 9.49. The van der Waals surface area contributed by atoms with Crippen LogP contribution in [-0.2, 0) is 4.79 Å². The van der Waals surface area contributed by atoms with E-state index >= 15 is 0 Å². The zero-order chi connectivity index (χ0) is 18.0. The van der Waals surface area contributed by atoms with Crippen molar-refractivity contribution >= 4 is 45.0 Å². The first kappa shape index (κ1) is 21.0. The van der Waals surface area contributed by atoms with E-state index < -0.39 is 11.6 Å². The SMILES string of the molecule is CN(C)CCCN(C(=O)C1CCCC1)c1nc2c(F)cc(F)cc2s1.Cl. The number of hydrogen-bond donors (Lipinski definition) is 0. The number of hydrogen-bond acceptors (Lipinski definition) is 4. The molecule has 4 nitrogen and oxygen atoms in total. The minimum absolute atomic E-state index is 0. The molecule has 1 saturated carbocycles. The number of carbonyl (C=O) groups is 1. The van der Waals surface area contributed by atoms with Gasteiger partial charge in [-0.05, 0) is 46.0 Å². The molecule has 144 valence electrons. The molecule has 0 N–H and O–H groups in total. The second kappa shape index (κ2) is 9.06. The third-order valence-corrected chi connectivity index (χ3v) is 5.62. The van der Waals surface area contributed by atoms with E-state index in [2.05, 4.69) is 9.88 Å². The van der Waals surface area contributed by atoms with E-state index in [-0.39, 0.29) is 29.7 Å². The Balaban J connectivity index is 0.00000243. The fourth-order valence-electron chi connectivity index (χ4n) is 3.30. The summed E-state index contributed by atoms with van der Waals surface area (Å²) in [6.45, 7) is 1.39. The van der Waals surface area contributed by atoms with Gasteiger partial charge in [-0.1, -0.05) is 24.2 Å². The summed E-state index contributed by atoms with van der Waals surface area (Å²) in [7, 11) is 3.97. The zero-order valence-corrected chi connectivity index (χ0v) is 16.6. The van der Waals surface area contributed by atoms with Crippen LogP contribution in [0.2, 0.25) is 0 Å². The molecule has 8 heteroatoms. The molecule has 0 unspecified atom stereocenters. The first-order valence-electron chi connectivity index (χ1n) is 8.67. The van der Waals surface area contributed by atoms with Gasteiger partial charge in [-0.25, -0.2) is 13.8 Å². The molecular formula is C18H24ClF2N3OS. The molecule has 0 aliphatic heterocycles. The van der Waals surface area contributed by atoms with Gasteiger partial charge in [0.25, 0.3) is 0 Å². The van der Waals surface area contributed by atoms with Crippen LogP contribution in [0, 0.1) is 17.6 Å². The summed E-state index contributed by atoms with van der Waals surface area (Å²) in [5.74, 6) is -1.22. The number of halogens is 3. The van der Waals surface area contributed by atoms with Gasteiger partial charge in [0.15, 0.2) is 10.9 Å². The summed E-state index contributed by atoms with van der Waals surface area (Å²) in [6.07, 6.45) is 4.75. The van der Waals surface area contributed by atoms with Crippen LogP contribution in [0.15, 0.2) is 12.1 Å². The lowest BCUT2D eigenvalue weighted by molar-refractivity contribution is -0.122. The van der Waals surface area contributed by atoms with Crippen molar-refractivity contribution in [2.24, 2.45) is 5.92 Å². The Morgan fingerprint density at radius 2 is 1.92 bits per heavy atom. The molecule has 1 fully saturated rings. The van der Waals surface area contributed by atoms with Gasteiger partial charge in [0, 0.05) is 18.5 Å². The van der Waals surface area contributed by atoms with Crippen molar-refractivity contribution in [2.45, 2.75) is 32.1 Å². The normalized spacial score (nSPS) is 14.8. The number of rotatable bonds is 6. The van der Waals surface area contributed by atoms with Crippen LogP contribution in [0.25, 0.3) is 10.2 Å². The van der Waals surface area contributed by atoms with E-state index in [1.165, 1.54) is 17.4 Å². The Hall–Kier alpha value is -1.31. The van der Waals surface area contributed by atoms with Crippen molar-refractivity contribution < 1.29 is 13.6 Å². The smallest absolute Gasteiger partial charge is 0.231 e. The molecule has 1 heterocycles. The topological polar surface area (TPSA) is 36.4 Å². The molecule has 0 radical (unpaired) electrons. The molecule has 26 heavy (non-hydrogen) atoms. The number of benzene rings is 1. The Kier molecular flexibility index (Phi) is 7.32. The van der Waals surface area contributed by atoms with E-state index in [1.54, 1.807) is 4.90 Å². The van der Waals surface area contributed by atoms with Crippen LogP contribution in [0.4, 0.5) is 13.9 Å². The van der Waals surface area contributed by atoms with E-state index in [1.807, 2.05) is 14.1 Å². The quantitative estimate of drug-likeness (QED) is 0.713. The Morgan fingerprint density at radius 3 is 2.58 bits per heavy atom. The van der Waals surface area contributed by atoms with Crippen molar-refractivity contribution in [2.75, 3.05) is 32.1 Å². The lowest BCUT2D eigenvalue weighted by Crippen LogP contribution is -2.37. The van der Waals surface area contributed by atoms with Gasteiger partial charge in [-0.2, -0.15) is 0 Å². The van der Waals surface area contributed by atoms with Crippen molar-refractivity contribution in [3.63, 3.8) is 0 Å². The number of anilines is 1. The van der Waals surface area contributed by atoms with Crippen molar-refractivity contribution in [1.29, 1.82) is 0 Å². The van der Waals surface area contributed by atoms with Crippen molar-refractivity contribution in [3.8, 4) is 0 Å². The highest BCUT2D eigenvalue weighted by molar-refractivity contribution is 7.22. The molecular weight excluding hydrogens is 380 g/mol. The predicted octanol–water partition coefficient (Wildman–Crippen LogP) is 4.47. The summed E-state index contributed by atoms with van der Waals surface area (Å²) >= 11 is 1.18. The number of aromatic nitrogens is 1. The Labute approximate surface area is 162 Å². The molecule has 1 aliphatic carbocycles. The maximum absolute atomic E-state index is 14.0. The summed E-state index contributed by atoms with van der Waals surface area (Å²) in [6, 6.07) is 2.11. The monoisotopic (exact) mass is 403 g/mol. The summed E-state index contributed by atoms with van der Waals surface area (Å²) in [4.78, 5) is 21.0. The number of fused-ring (bicyclic) bond motifs is 1. The van der Waals surface area contributed by atoms with Gasteiger partial charge < -0.3 is 4.90 Å². The van der Waals surface area contributed by atoms with E-state index in [0.717, 1.165) is 44.7 Å². The van der Waals surface area contributed by atoms with Gasteiger partial charge in [0.2, 0.25) is 5.91 Å². The predicted molar refractivity (Wildman–Crippen MR) is 104 cm³/mol. The van der Waals surface area contributed by atoms with Crippen LogP contribution in [0.1, 0.15) is 32.1 Å². The fraction of sp³-hybridized carbons (Fsp3) is 0.556. The number of thiazole rings is 1. The highest BCUT2D eigenvalue weighted by Crippen LogP contribution is 2.34. The van der Waals surface area contributed by atoms with Crippen LogP contribution < -0.4 is 4.90 Å². The molecule has 2 aromatic rings. The molecule has 1 amide bonds. The van der Waals surface area contributed by atoms with E-state index in [0.29, 0.717) is 16.4 Å². The maximum Gasteiger partial charge on any atom is 0.231 e. The third kappa shape index (κ3) is 4.69. The molecule has 1 aliphatic rings. The van der Waals surface area contributed by atoms with Gasteiger partial charge in [-0.3, -0.25) is 9.69 Å². The standard InChI is InChI=1S/C18H23F2N3OS.ClH/c1-22(2)8-5-9-23(17(24)12-6-3-4-7-12)18-21-16-14(20)10-13(19)11-15(16)25-18;/h10-12H,3-9H2,1-2H3;1H. The molecule has 1 aromatic carbocycles. The molecule has 1 aromatic heterocycles. The lowest BCUT2D eigenvalue weighted by Gasteiger charge is -2.23. The summed E-state index contributed by atoms with van der Waals surface area (Å²) < 4.78 is 27.9. The highest BCUT2D eigenvalue weighted by Gasteiger charge is 2.29. The van der Waals surface area contributed by atoms with E-state index in [9.17, 15) is 13.6 Å². The van der Waals surface area contributed by atoms with Crippen molar-refractivity contribution in [3.05, 3.63) is 23.8 Å². The van der Waals surface area contributed by atoms with Gasteiger partial charge >= 0.3 is 0 Å². The fourth-order valence-corrected chi connectivity index (χ4v) is 4.34. The summed E-state index contributed by atoms with van der Waals surface area (Å²) in [5.41, 5.74) is 0.137. The highest BCUT2D eigenvalue weighted by atomic mass is 35.5. The van der Waals surface area contributed by atoms with Gasteiger partial charge in [0.05, 0.1) is 4.70 Å². The minimum Gasteiger partial charge on any atom is -0.309 e. The lowest BCUT2D eigenvalue weighted by atomic mass is 10.1. The van der Waals surface area contributed by atoms with Gasteiger partial charge in [-0.15, -0.1) is 12.4 Å². The van der Waals surface area contributed by atoms with Crippen LogP contribution in [-0.4, -0.2) is 43.0 Å². The number of amides is 1. The molecule has 0 spiro atoms. The van der Waals surface area contributed by atoms with Gasteiger partial charge in [0.1, 0.15) is 11.3 Å². The molecule has 3 rings (SSSR count). The van der Waals surface area contributed by atoms with Crippen LogP contribution in [0.3, 0.4) is 0 Å². The largest absolute Gasteiger partial charge is 0.309 e. The van der Waals surface area contributed by atoms with Crippen molar-refractivity contribution in [1.82, 2.24) is 9.88 Å². The Morgan fingerprint density at radius 1 is 1.23 bits per heavy atom. The molecule has 0 bridgehead atoms. The molecule has 0 atom stereocenters. The second-order valence-corrected chi connectivity index (χ2v) is 7.87.